The molecule has 0 aromatic carbocycles. The Kier molecular flexibility index (Phi) is 15.0. The van der Waals surface area contributed by atoms with Crippen molar-refractivity contribution in [2.45, 2.75) is 58.3 Å². The standard InChI is InChI=1S/C13H30N.BH3O3/c1-5-6-7-8-9-10-11-12-13-14(2,3)4;2-1(3)4/h5-13H2,1-4H3;2-4H/q+1;. The molecule has 0 rings (SSSR count). The van der Waals surface area contributed by atoms with E-state index >= 15 is 0 Å². The summed E-state index contributed by atoms with van der Waals surface area (Å²) < 4.78 is 1.12. The van der Waals surface area contributed by atoms with E-state index < -0.39 is 7.32 Å². The molecule has 18 heavy (non-hydrogen) atoms. The Morgan fingerprint density at radius 1 is 0.722 bits per heavy atom. The van der Waals surface area contributed by atoms with Gasteiger partial charge in [0, 0.05) is 0 Å². The van der Waals surface area contributed by atoms with Gasteiger partial charge in [0.05, 0.1) is 27.7 Å². The van der Waals surface area contributed by atoms with Gasteiger partial charge in [-0.15, -0.1) is 0 Å². The molecule has 0 bridgehead atoms. The predicted molar refractivity (Wildman–Crippen MR) is 77.9 cm³/mol. The van der Waals surface area contributed by atoms with Gasteiger partial charge in [-0.2, -0.15) is 0 Å². The van der Waals surface area contributed by atoms with Crippen molar-refractivity contribution < 1.29 is 19.6 Å². The first-order chi connectivity index (χ1) is 8.29. The number of quaternary nitrogens is 1. The quantitative estimate of drug-likeness (QED) is 0.337. The average molecular weight is 262 g/mol. The van der Waals surface area contributed by atoms with Gasteiger partial charge in [-0.1, -0.05) is 45.4 Å². The molecule has 0 aliphatic rings. The summed E-state index contributed by atoms with van der Waals surface area (Å²) in [5.41, 5.74) is 0. The molecule has 5 heteroatoms. The van der Waals surface area contributed by atoms with Crippen molar-refractivity contribution in [2.24, 2.45) is 0 Å². The molecule has 0 radical (unpaired) electrons. The Bertz CT molecular complexity index is 158. The molecule has 0 saturated heterocycles. The van der Waals surface area contributed by atoms with Crippen LogP contribution < -0.4 is 0 Å². The van der Waals surface area contributed by atoms with Crippen LogP contribution in [0.2, 0.25) is 0 Å². The minimum Gasteiger partial charge on any atom is -0.402 e. The molecule has 0 spiro atoms. The Morgan fingerprint density at radius 3 is 1.39 bits per heavy atom. The molecule has 0 amide bonds. The van der Waals surface area contributed by atoms with E-state index in [1.165, 1.54) is 57.9 Å². The van der Waals surface area contributed by atoms with Crippen LogP contribution in [0.3, 0.4) is 0 Å². The van der Waals surface area contributed by atoms with Crippen LogP contribution in [0.15, 0.2) is 0 Å². The summed E-state index contributed by atoms with van der Waals surface area (Å²) >= 11 is 0. The molecule has 0 unspecified atom stereocenters. The van der Waals surface area contributed by atoms with Crippen LogP contribution in [0.5, 0.6) is 0 Å². The largest absolute Gasteiger partial charge is 0.631 e. The van der Waals surface area contributed by atoms with Crippen molar-refractivity contribution in [3.05, 3.63) is 0 Å². The maximum Gasteiger partial charge on any atom is 0.631 e. The maximum absolute atomic E-state index is 7.17. The predicted octanol–water partition coefficient (Wildman–Crippen LogP) is 1.78. The number of hydrogen-bond donors (Lipinski definition) is 3. The molecule has 0 aliphatic carbocycles. The van der Waals surface area contributed by atoms with Crippen LogP contribution in [0.4, 0.5) is 0 Å². The van der Waals surface area contributed by atoms with Crippen LogP contribution in [-0.4, -0.2) is 54.6 Å². The minimum absolute atomic E-state index is 1.12. The van der Waals surface area contributed by atoms with Gasteiger partial charge in [-0.05, 0) is 12.8 Å². The van der Waals surface area contributed by atoms with E-state index in [2.05, 4.69) is 28.1 Å². The molecular formula is C13H33BNO3+. The van der Waals surface area contributed by atoms with Crippen molar-refractivity contribution in [1.82, 2.24) is 0 Å². The van der Waals surface area contributed by atoms with Crippen molar-refractivity contribution in [3.63, 3.8) is 0 Å². The summed E-state index contributed by atoms with van der Waals surface area (Å²) in [5.74, 6) is 0. The van der Waals surface area contributed by atoms with E-state index in [0.717, 1.165) is 4.48 Å². The number of hydrogen-bond acceptors (Lipinski definition) is 3. The first-order valence-corrected chi connectivity index (χ1v) is 7.14. The summed E-state index contributed by atoms with van der Waals surface area (Å²) in [5, 5.41) is 21.5. The highest BCUT2D eigenvalue weighted by Crippen LogP contribution is 2.09. The molecule has 0 atom stereocenters. The van der Waals surface area contributed by atoms with Crippen molar-refractivity contribution in [2.75, 3.05) is 27.7 Å². The third kappa shape index (κ3) is 29.7. The SMILES string of the molecule is CCCCCCCCCC[N+](C)(C)C.OB(O)O. The van der Waals surface area contributed by atoms with Gasteiger partial charge in [-0.25, -0.2) is 0 Å². The van der Waals surface area contributed by atoms with Gasteiger partial charge >= 0.3 is 7.32 Å². The molecule has 4 nitrogen and oxygen atoms in total. The Hall–Kier alpha value is -0.0951. The lowest BCUT2D eigenvalue weighted by molar-refractivity contribution is -0.870. The van der Waals surface area contributed by atoms with Gasteiger partial charge in [0.2, 0.25) is 0 Å². The highest BCUT2D eigenvalue weighted by molar-refractivity contribution is 6.30. The zero-order valence-electron chi connectivity index (χ0n) is 12.7. The van der Waals surface area contributed by atoms with Crippen LogP contribution in [0.25, 0.3) is 0 Å². The maximum atomic E-state index is 7.17. The van der Waals surface area contributed by atoms with Crippen LogP contribution >= 0.6 is 0 Å². The summed E-state index contributed by atoms with van der Waals surface area (Å²) in [4.78, 5) is 0. The fourth-order valence-electron chi connectivity index (χ4n) is 1.72. The molecule has 0 heterocycles. The average Bonchev–Trinajstić information content (AvgIpc) is 2.19. The third-order valence-corrected chi connectivity index (χ3v) is 2.68. The monoisotopic (exact) mass is 262 g/mol. The molecule has 0 aromatic heterocycles. The zero-order valence-corrected chi connectivity index (χ0v) is 12.7. The van der Waals surface area contributed by atoms with Gasteiger partial charge < -0.3 is 19.6 Å². The zero-order chi connectivity index (χ0) is 14.4. The molecule has 0 aliphatic heterocycles. The van der Waals surface area contributed by atoms with E-state index in [9.17, 15) is 0 Å². The second-order valence-corrected chi connectivity index (χ2v) is 5.84. The number of rotatable bonds is 9. The van der Waals surface area contributed by atoms with E-state index in [0.29, 0.717) is 0 Å². The first kappa shape index (κ1) is 20.2. The van der Waals surface area contributed by atoms with Crippen LogP contribution in [0, 0.1) is 0 Å². The van der Waals surface area contributed by atoms with E-state index in [4.69, 9.17) is 15.1 Å². The molecular weight excluding hydrogens is 229 g/mol. The first-order valence-electron chi connectivity index (χ1n) is 7.14. The van der Waals surface area contributed by atoms with E-state index in [1.54, 1.807) is 0 Å². The highest BCUT2D eigenvalue weighted by Gasteiger charge is 2.04. The number of nitrogens with zero attached hydrogens (tertiary/aromatic N) is 1. The summed E-state index contributed by atoms with van der Waals surface area (Å²) in [6.45, 7) is 3.61. The summed E-state index contributed by atoms with van der Waals surface area (Å²) in [6.07, 6.45) is 11.4. The summed E-state index contributed by atoms with van der Waals surface area (Å²) in [7, 11) is 4.67. The van der Waals surface area contributed by atoms with E-state index in [-0.39, 0.29) is 0 Å². The summed E-state index contributed by atoms with van der Waals surface area (Å²) in [6, 6.07) is 0. The van der Waals surface area contributed by atoms with Crippen molar-refractivity contribution in [1.29, 1.82) is 0 Å². The molecule has 3 N–H and O–H groups in total. The molecule has 110 valence electrons. The lowest BCUT2D eigenvalue weighted by Crippen LogP contribution is -2.35. The fourth-order valence-corrected chi connectivity index (χ4v) is 1.72. The highest BCUT2D eigenvalue weighted by atomic mass is 16.5. The minimum atomic E-state index is -2.17. The fraction of sp³-hybridized carbons (Fsp3) is 1.00. The molecule has 0 aromatic rings. The van der Waals surface area contributed by atoms with Crippen LogP contribution in [-0.2, 0) is 0 Å². The topological polar surface area (TPSA) is 60.7 Å². The van der Waals surface area contributed by atoms with Gasteiger partial charge in [0.25, 0.3) is 0 Å². The smallest absolute Gasteiger partial charge is 0.402 e. The lowest BCUT2D eigenvalue weighted by Gasteiger charge is -2.23. The Morgan fingerprint density at radius 2 is 1.06 bits per heavy atom. The van der Waals surface area contributed by atoms with Gasteiger partial charge in [-0.3, -0.25) is 0 Å². The van der Waals surface area contributed by atoms with Crippen LogP contribution in [0.1, 0.15) is 58.3 Å². The normalized spacial score (nSPS) is 10.8. The Balaban J connectivity index is 0. The van der Waals surface area contributed by atoms with E-state index in [1.807, 2.05) is 0 Å². The van der Waals surface area contributed by atoms with Crippen molar-refractivity contribution in [3.8, 4) is 0 Å². The van der Waals surface area contributed by atoms with Crippen molar-refractivity contribution >= 4 is 7.32 Å². The second kappa shape index (κ2) is 13.3. The molecule has 0 fully saturated rings. The Labute approximate surface area is 113 Å². The lowest BCUT2D eigenvalue weighted by atomic mass is 10.1. The molecule has 0 saturated carbocycles. The van der Waals surface area contributed by atoms with Gasteiger partial charge in [0.15, 0.2) is 0 Å². The van der Waals surface area contributed by atoms with Gasteiger partial charge in [0.1, 0.15) is 0 Å². The second-order valence-electron chi connectivity index (χ2n) is 5.84. The third-order valence-electron chi connectivity index (χ3n) is 2.68. The number of unbranched alkanes of at least 4 members (excludes halogenated alkanes) is 7.